The number of halogens is 2. The number of hydrogen-bond acceptors (Lipinski definition) is 1. The molecule has 1 saturated heterocycles. The summed E-state index contributed by atoms with van der Waals surface area (Å²) in [5.74, 6) is -0.666. The van der Waals surface area contributed by atoms with Gasteiger partial charge in [-0.1, -0.05) is 0 Å². The summed E-state index contributed by atoms with van der Waals surface area (Å²) in [5.41, 5.74) is 0. The molecule has 0 radical (unpaired) electrons. The molecular formula is C6H9F2NO. The van der Waals surface area contributed by atoms with Gasteiger partial charge in [0.15, 0.2) is 0 Å². The van der Waals surface area contributed by atoms with E-state index in [0.29, 0.717) is 13.0 Å². The van der Waals surface area contributed by atoms with Crippen molar-refractivity contribution in [2.75, 3.05) is 6.54 Å². The predicted molar refractivity (Wildman–Crippen MR) is 31.7 cm³/mol. The molecule has 58 valence electrons. The standard InChI is InChI=1S/C6H9F2NO/c7-5(8)3-4-1-2-9-6(4)10/h4-5H,1-3H2,(H,9,10). The van der Waals surface area contributed by atoms with E-state index >= 15 is 0 Å². The molecule has 0 aromatic carbocycles. The average Bonchev–Trinajstić information content (AvgIpc) is 2.15. The molecule has 1 amide bonds. The van der Waals surface area contributed by atoms with Crippen LogP contribution in [0.3, 0.4) is 0 Å². The van der Waals surface area contributed by atoms with Crippen LogP contribution < -0.4 is 5.32 Å². The minimum Gasteiger partial charge on any atom is -0.356 e. The molecule has 0 aromatic rings. The van der Waals surface area contributed by atoms with Gasteiger partial charge in [-0.05, 0) is 6.42 Å². The topological polar surface area (TPSA) is 29.1 Å². The quantitative estimate of drug-likeness (QED) is 0.617. The van der Waals surface area contributed by atoms with Crippen molar-refractivity contribution in [2.45, 2.75) is 19.3 Å². The van der Waals surface area contributed by atoms with E-state index in [1.807, 2.05) is 0 Å². The Morgan fingerprint density at radius 1 is 1.70 bits per heavy atom. The van der Waals surface area contributed by atoms with Crippen molar-refractivity contribution in [1.29, 1.82) is 0 Å². The number of alkyl halides is 2. The summed E-state index contributed by atoms with van der Waals surface area (Å²) in [4.78, 5) is 10.7. The zero-order valence-corrected chi connectivity index (χ0v) is 5.44. The second-order valence-electron chi connectivity index (χ2n) is 2.40. The van der Waals surface area contributed by atoms with E-state index in [0.717, 1.165) is 0 Å². The molecule has 1 N–H and O–H groups in total. The van der Waals surface area contributed by atoms with E-state index in [1.165, 1.54) is 0 Å². The largest absolute Gasteiger partial charge is 0.356 e. The highest BCUT2D eigenvalue weighted by Crippen LogP contribution is 2.17. The van der Waals surface area contributed by atoms with Crippen LogP contribution in [0.25, 0.3) is 0 Å². The third-order valence-electron chi connectivity index (χ3n) is 1.63. The highest BCUT2D eigenvalue weighted by molar-refractivity contribution is 5.80. The summed E-state index contributed by atoms with van der Waals surface area (Å²) in [7, 11) is 0. The van der Waals surface area contributed by atoms with Gasteiger partial charge >= 0.3 is 0 Å². The van der Waals surface area contributed by atoms with Crippen LogP contribution in [-0.2, 0) is 4.79 Å². The van der Waals surface area contributed by atoms with Gasteiger partial charge in [0.25, 0.3) is 0 Å². The Labute approximate surface area is 57.6 Å². The molecule has 1 heterocycles. The second kappa shape index (κ2) is 2.94. The van der Waals surface area contributed by atoms with Gasteiger partial charge in [0, 0.05) is 18.9 Å². The third-order valence-corrected chi connectivity index (χ3v) is 1.63. The van der Waals surface area contributed by atoms with Crippen LogP contribution in [0.4, 0.5) is 8.78 Å². The molecule has 2 nitrogen and oxygen atoms in total. The summed E-state index contributed by atoms with van der Waals surface area (Å²) in [6.07, 6.45) is -2.08. The van der Waals surface area contributed by atoms with Gasteiger partial charge in [-0.15, -0.1) is 0 Å². The maximum Gasteiger partial charge on any atom is 0.239 e. The number of carbonyl (C=O) groups excluding carboxylic acids is 1. The van der Waals surface area contributed by atoms with Gasteiger partial charge in [0.2, 0.25) is 12.3 Å². The van der Waals surface area contributed by atoms with Crippen molar-refractivity contribution in [2.24, 2.45) is 5.92 Å². The minimum atomic E-state index is -2.35. The first-order chi connectivity index (χ1) is 4.70. The Morgan fingerprint density at radius 3 is 2.80 bits per heavy atom. The zero-order valence-electron chi connectivity index (χ0n) is 5.44. The lowest BCUT2D eigenvalue weighted by atomic mass is 10.1. The molecule has 10 heavy (non-hydrogen) atoms. The molecule has 0 aromatic heterocycles. The van der Waals surface area contributed by atoms with E-state index in [-0.39, 0.29) is 12.3 Å². The Bertz CT molecular complexity index is 138. The molecule has 4 heteroatoms. The van der Waals surface area contributed by atoms with Gasteiger partial charge in [-0.25, -0.2) is 8.78 Å². The summed E-state index contributed by atoms with van der Waals surface area (Å²) >= 11 is 0. The van der Waals surface area contributed by atoms with Gasteiger partial charge in [-0.2, -0.15) is 0 Å². The van der Waals surface area contributed by atoms with E-state index in [4.69, 9.17) is 0 Å². The number of hydrogen-bond donors (Lipinski definition) is 1. The summed E-state index contributed by atoms with van der Waals surface area (Å²) in [6.45, 7) is 0.552. The van der Waals surface area contributed by atoms with Crippen molar-refractivity contribution in [3.05, 3.63) is 0 Å². The molecule has 1 unspecified atom stereocenters. The van der Waals surface area contributed by atoms with Crippen molar-refractivity contribution < 1.29 is 13.6 Å². The average molecular weight is 149 g/mol. The van der Waals surface area contributed by atoms with Crippen molar-refractivity contribution >= 4 is 5.91 Å². The molecule has 1 rings (SSSR count). The zero-order chi connectivity index (χ0) is 7.56. The van der Waals surface area contributed by atoms with Crippen molar-refractivity contribution in [1.82, 2.24) is 5.32 Å². The lowest BCUT2D eigenvalue weighted by molar-refractivity contribution is -0.123. The maximum absolute atomic E-state index is 11.7. The number of nitrogens with one attached hydrogen (secondary N) is 1. The third kappa shape index (κ3) is 1.65. The molecule has 1 fully saturated rings. The molecule has 0 aliphatic carbocycles. The van der Waals surface area contributed by atoms with Crippen LogP contribution in [0.2, 0.25) is 0 Å². The first-order valence-corrected chi connectivity index (χ1v) is 3.26. The van der Waals surface area contributed by atoms with E-state index < -0.39 is 12.3 Å². The van der Waals surface area contributed by atoms with Crippen molar-refractivity contribution in [3.8, 4) is 0 Å². The monoisotopic (exact) mass is 149 g/mol. The molecule has 1 atom stereocenters. The Kier molecular flexibility index (Phi) is 2.19. The second-order valence-corrected chi connectivity index (χ2v) is 2.40. The van der Waals surface area contributed by atoms with E-state index in [2.05, 4.69) is 5.32 Å². The first-order valence-electron chi connectivity index (χ1n) is 3.26. The van der Waals surface area contributed by atoms with Gasteiger partial charge in [0.1, 0.15) is 0 Å². The maximum atomic E-state index is 11.7. The highest BCUT2D eigenvalue weighted by atomic mass is 19.3. The van der Waals surface area contributed by atoms with Crippen LogP contribution in [-0.4, -0.2) is 18.9 Å². The summed E-state index contributed by atoms with van der Waals surface area (Å²) in [6, 6.07) is 0. The molecular weight excluding hydrogens is 140 g/mol. The van der Waals surface area contributed by atoms with E-state index in [9.17, 15) is 13.6 Å². The Morgan fingerprint density at radius 2 is 2.40 bits per heavy atom. The first kappa shape index (κ1) is 7.44. The fourth-order valence-electron chi connectivity index (χ4n) is 1.08. The van der Waals surface area contributed by atoms with E-state index in [1.54, 1.807) is 0 Å². The molecule has 0 spiro atoms. The SMILES string of the molecule is O=C1NCCC1CC(F)F. The summed E-state index contributed by atoms with van der Waals surface area (Å²) < 4.78 is 23.4. The lowest BCUT2D eigenvalue weighted by Gasteiger charge is -2.03. The molecule has 0 saturated carbocycles. The summed E-state index contributed by atoms with van der Waals surface area (Å²) in [5, 5.41) is 2.50. The van der Waals surface area contributed by atoms with Gasteiger partial charge in [0.05, 0.1) is 0 Å². The Hall–Kier alpha value is -0.670. The van der Waals surface area contributed by atoms with Crippen LogP contribution >= 0.6 is 0 Å². The smallest absolute Gasteiger partial charge is 0.239 e. The van der Waals surface area contributed by atoms with Gasteiger partial charge in [-0.3, -0.25) is 4.79 Å². The fraction of sp³-hybridized carbons (Fsp3) is 0.833. The molecule has 1 aliphatic heterocycles. The fourth-order valence-corrected chi connectivity index (χ4v) is 1.08. The highest BCUT2D eigenvalue weighted by Gasteiger charge is 2.26. The Balaban J connectivity index is 2.33. The van der Waals surface area contributed by atoms with Crippen LogP contribution in [0, 0.1) is 5.92 Å². The van der Waals surface area contributed by atoms with Crippen LogP contribution in [0.1, 0.15) is 12.8 Å². The van der Waals surface area contributed by atoms with Crippen LogP contribution in [0.15, 0.2) is 0 Å². The normalized spacial score (nSPS) is 25.5. The lowest BCUT2D eigenvalue weighted by Crippen LogP contribution is -2.20. The minimum absolute atomic E-state index is 0.222. The van der Waals surface area contributed by atoms with Crippen molar-refractivity contribution in [3.63, 3.8) is 0 Å². The number of amides is 1. The number of rotatable bonds is 2. The number of carbonyl (C=O) groups is 1. The van der Waals surface area contributed by atoms with Crippen LogP contribution in [0.5, 0.6) is 0 Å². The van der Waals surface area contributed by atoms with Gasteiger partial charge < -0.3 is 5.32 Å². The predicted octanol–water partition coefficient (Wildman–Crippen LogP) is 0.778. The molecule has 1 aliphatic rings. The molecule has 0 bridgehead atoms.